The lowest BCUT2D eigenvalue weighted by atomic mass is 10.7. The molecule has 0 saturated carbocycles. The normalized spacial score (nSPS) is 10.5. The Kier molecular flexibility index (Phi) is 3.20. The Bertz CT molecular complexity index is 96.6. The monoisotopic (exact) mass is 116 g/mol. The molecule has 2 heteroatoms. The lowest BCUT2D eigenvalue weighted by Crippen LogP contribution is -1.50. The third kappa shape index (κ3) is 2.25. The molecule has 0 bridgehead atoms. The minimum absolute atomic E-state index is 0.554. The zero-order valence-corrected chi connectivity index (χ0v) is 4.84. The number of hydrogen-bond acceptors (Lipinski definition) is 2. The highest BCUT2D eigenvalue weighted by Crippen LogP contribution is 1.96. The van der Waals surface area contributed by atoms with Crippen molar-refractivity contribution in [1.29, 1.82) is 0 Å². The molecule has 0 radical (unpaired) electrons. The molecule has 0 atom stereocenters. The van der Waals surface area contributed by atoms with Gasteiger partial charge in [0, 0.05) is 0 Å². The smallest absolute Gasteiger partial charge is 0.0600 e. The minimum Gasteiger partial charge on any atom is -0.150 e. The summed E-state index contributed by atoms with van der Waals surface area (Å²) in [4.78, 5) is 0.554. The van der Waals surface area contributed by atoms with Crippen LogP contribution in [0.4, 0.5) is 0 Å². The van der Waals surface area contributed by atoms with E-state index in [9.17, 15) is 0 Å². The summed E-state index contributed by atoms with van der Waals surface area (Å²) in [7, 11) is 0. The maximum Gasteiger partial charge on any atom is 0.0600 e. The predicted molar refractivity (Wildman–Crippen MR) is 34.9 cm³/mol. The van der Waals surface area contributed by atoms with E-state index >= 15 is 0 Å². The van der Waals surface area contributed by atoms with Gasteiger partial charge in [0.25, 0.3) is 0 Å². The summed E-state index contributed by atoms with van der Waals surface area (Å²) in [5.74, 6) is 2.26. The van der Waals surface area contributed by atoms with Crippen LogP contribution in [0.25, 0.3) is 0 Å². The summed E-state index contributed by atoms with van der Waals surface area (Å²) in [5.41, 5.74) is 0. The number of hydrogen-bond donors (Lipinski definition) is 2. The van der Waals surface area contributed by atoms with Crippen LogP contribution in [-0.4, -0.2) is 0 Å². The van der Waals surface area contributed by atoms with Gasteiger partial charge in [-0.05, 0) is 5.41 Å². The molecular formula is C4H4S2. The SMILES string of the molecule is C#C/C(S)=C/S. The van der Waals surface area contributed by atoms with Gasteiger partial charge in [0.15, 0.2) is 0 Å². The largest absolute Gasteiger partial charge is 0.150 e. The fraction of sp³-hybridized carbons (Fsp3) is 0. The number of terminal acetylenes is 1. The molecule has 0 aliphatic heterocycles. The first-order valence-electron chi connectivity index (χ1n) is 1.31. The molecule has 0 N–H and O–H groups in total. The summed E-state index contributed by atoms with van der Waals surface area (Å²) >= 11 is 7.49. The molecule has 6 heavy (non-hydrogen) atoms. The van der Waals surface area contributed by atoms with Crippen molar-refractivity contribution in [1.82, 2.24) is 0 Å². The molecule has 0 nitrogen and oxygen atoms in total. The molecule has 0 aromatic carbocycles. The van der Waals surface area contributed by atoms with Gasteiger partial charge < -0.3 is 0 Å². The molecule has 0 saturated heterocycles. The van der Waals surface area contributed by atoms with Gasteiger partial charge in [-0.2, -0.15) is 0 Å². The van der Waals surface area contributed by atoms with Gasteiger partial charge >= 0.3 is 0 Å². The summed E-state index contributed by atoms with van der Waals surface area (Å²) in [6.45, 7) is 0. The van der Waals surface area contributed by atoms with E-state index in [1.54, 1.807) is 0 Å². The van der Waals surface area contributed by atoms with Crippen LogP contribution in [0, 0.1) is 12.3 Å². The molecule has 0 aliphatic rings. The molecule has 0 spiro atoms. The summed E-state index contributed by atoms with van der Waals surface area (Å²) in [6, 6.07) is 0. The first-order valence-corrected chi connectivity index (χ1v) is 2.27. The third-order valence-electron chi connectivity index (χ3n) is 0.270. The average molecular weight is 116 g/mol. The van der Waals surface area contributed by atoms with E-state index in [4.69, 9.17) is 6.42 Å². The Balaban J connectivity index is 3.61. The van der Waals surface area contributed by atoms with Gasteiger partial charge in [0.05, 0.1) is 4.91 Å². The van der Waals surface area contributed by atoms with Gasteiger partial charge in [-0.15, -0.1) is 31.7 Å². The van der Waals surface area contributed by atoms with Crippen LogP contribution >= 0.6 is 25.3 Å². The van der Waals surface area contributed by atoms with Crippen molar-refractivity contribution in [2.24, 2.45) is 0 Å². The molecule has 0 aliphatic carbocycles. The molecule has 32 valence electrons. The van der Waals surface area contributed by atoms with E-state index in [-0.39, 0.29) is 0 Å². The first kappa shape index (κ1) is 6.00. The minimum atomic E-state index is 0.554. The zero-order valence-electron chi connectivity index (χ0n) is 3.05. The summed E-state index contributed by atoms with van der Waals surface area (Å²) in [5, 5.41) is 1.46. The Labute approximate surface area is 48.5 Å². The highest BCUT2D eigenvalue weighted by Gasteiger charge is 1.69. The molecule has 0 amide bonds. The maximum absolute atomic E-state index is 4.84. The van der Waals surface area contributed by atoms with Crippen molar-refractivity contribution < 1.29 is 0 Å². The third-order valence-corrected chi connectivity index (χ3v) is 0.990. The van der Waals surface area contributed by atoms with E-state index in [0.717, 1.165) is 0 Å². The first-order chi connectivity index (χ1) is 2.81. The Morgan fingerprint density at radius 3 is 2.33 bits per heavy atom. The van der Waals surface area contributed by atoms with Crippen molar-refractivity contribution in [3.8, 4) is 12.3 Å². The van der Waals surface area contributed by atoms with Crippen LogP contribution in [0.5, 0.6) is 0 Å². The van der Waals surface area contributed by atoms with E-state index in [2.05, 4.69) is 31.2 Å². The van der Waals surface area contributed by atoms with Gasteiger partial charge in [-0.3, -0.25) is 0 Å². The van der Waals surface area contributed by atoms with E-state index in [0.29, 0.717) is 4.91 Å². The van der Waals surface area contributed by atoms with Crippen LogP contribution in [0.2, 0.25) is 0 Å². The fourth-order valence-electron chi connectivity index (χ4n) is 0.0373. The quantitative estimate of drug-likeness (QED) is 0.346. The fourth-order valence-corrected chi connectivity index (χ4v) is 0.112. The maximum atomic E-state index is 4.84. The van der Waals surface area contributed by atoms with Crippen LogP contribution in [0.15, 0.2) is 10.3 Å². The molecule has 0 aromatic heterocycles. The highest BCUT2D eigenvalue weighted by molar-refractivity contribution is 7.88. The second kappa shape index (κ2) is 3.20. The van der Waals surface area contributed by atoms with Gasteiger partial charge in [0.1, 0.15) is 0 Å². The molecule has 0 unspecified atom stereocenters. The van der Waals surface area contributed by atoms with Gasteiger partial charge in [-0.1, -0.05) is 5.92 Å². The summed E-state index contributed by atoms with van der Waals surface area (Å²) < 4.78 is 0. The van der Waals surface area contributed by atoms with Crippen LogP contribution in [-0.2, 0) is 0 Å². The Morgan fingerprint density at radius 2 is 2.33 bits per heavy atom. The molecular weight excluding hydrogens is 112 g/mol. The van der Waals surface area contributed by atoms with Gasteiger partial charge in [-0.25, -0.2) is 0 Å². The Hall–Kier alpha value is -0.000000000000000111. The topological polar surface area (TPSA) is 0 Å². The zero-order chi connectivity index (χ0) is 4.99. The molecule has 0 heterocycles. The van der Waals surface area contributed by atoms with Crippen molar-refractivity contribution in [2.45, 2.75) is 0 Å². The predicted octanol–water partition coefficient (Wildman–Crippen LogP) is 1.32. The van der Waals surface area contributed by atoms with E-state index < -0.39 is 0 Å². The number of thiol groups is 2. The standard InChI is InChI=1S/C4H4S2/c1-2-4(6)3-5/h1,3,5-6H/b4-3-. The highest BCUT2D eigenvalue weighted by atomic mass is 32.1. The second-order valence-corrected chi connectivity index (χ2v) is 1.40. The lowest BCUT2D eigenvalue weighted by Gasteiger charge is -1.72. The van der Waals surface area contributed by atoms with Crippen LogP contribution < -0.4 is 0 Å². The van der Waals surface area contributed by atoms with E-state index in [1.807, 2.05) is 0 Å². The number of rotatable bonds is 0. The summed E-state index contributed by atoms with van der Waals surface area (Å²) in [6.07, 6.45) is 4.84. The van der Waals surface area contributed by atoms with Gasteiger partial charge in [0.2, 0.25) is 0 Å². The van der Waals surface area contributed by atoms with Crippen LogP contribution in [0.3, 0.4) is 0 Å². The van der Waals surface area contributed by atoms with Crippen molar-refractivity contribution in [3.63, 3.8) is 0 Å². The Morgan fingerprint density at radius 1 is 1.83 bits per heavy atom. The van der Waals surface area contributed by atoms with E-state index in [1.165, 1.54) is 5.41 Å². The molecule has 0 aromatic rings. The average Bonchev–Trinajstić information content (AvgIpc) is 1.65. The number of allylic oxidation sites excluding steroid dienone is 1. The molecule has 0 rings (SSSR count). The van der Waals surface area contributed by atoms with Crippen molar-refractivity contribution >= 4 is 25.3 Å². The van der Waals surface area contributed by atoms with Crippen molar-refractivity contribution in [2.75, 3.05) is 0 Å². The molecule has 0 fully saturated rings. The van der Waals surface area contributed by atoms with Crippen molar-refractivity contribution in [3.05, 3.63) is 10.3 Å². The second-order valence-electron chi connectivity index (χ2n) is 0.659. The van der Waals surface area contributed by atoms with Crippen LogP contribution in [0.1, 0.15) is 0 Å². The lowest BCUT2D eigenvalue weighted by molar-refractivity contribution is 2.21.